The number of fused-ring (bicyclic) bond motifs is 1. The smallest absolute Gasteiger partial charge is 0.0955 e. The molecule has 0 aromatic carbocycles. The van der Waals surface area contributed by atoms with Crippen LogP contribution in [0.1, 0.15) is 44.6 Å². The molecule has 102 valence electrons. The Kier molecular flexibility index (Phi) is 5.56. The Morgan fingerprint density at radius 2 is 1.89 bits per heavy atom. The second kappa shape index (κ2) is 6.93. The first-order chi connectivity index (χ1) is 9.19. The lowest BCUT2D eigenvalue weighted by Crippen LogP contribution is -1.93. The van der Waals surface area contributed by atoms with Crippen molar-refractivity contribution in [1.29, 1.82) is 0 Å². The minimum Gasteiger partial charge on any atom is -0.342 e. The maximum absolute atomic E-state index is 4.48. The largest absolute Gasteiger partial charge is 0.342 e. The Labute approximate surface area is 116 Å². The van der Waals surface area contributed by atoms with Crippen molar-refractivity contribution in [3.8, 4) is 0 Å². The fourth-order valence-electron chi connectivity index (χ4n) is 2.15. The van der Waals surface area contributed by atoms with Crippen molar-refractivity contribution in [3.05, 3.63) is 35.7 Å². The molecule has 0 aliphatic heterocycles. The van der Waals surface area contributed by atoms with Gasteiger partial charge in [0.2, 0.25) is 0 Å². The third kappa shape index (κ3) is 2.95. The summed E-state index contributed by atoms with van der Waals surface area (Å²) in [5, 5.41) is 0. The van der Waals surface area contributed by atoms with Crippen molar-refractivity contribution < 1.29 is 0 Å². The van der Waals surface area contributed by atoms with Crippen LogP contribution in [0, 0.1) is 5.92 Å². The highest BCUT2D eigenvalue weighted by molar-refractivity contribution is 5.83. The van der Waals surface area contributed by atoms with E-state index in [1.165, 1.54) is 11.3 Å². The average molecular weight is 256 g/mol. The first kappa shape index (κ1) is 15.2. The lowest BCUT2D eigenvalue weighted by atomic mass is 10.1. The van der Waals surface area contributed by atoms with E-state index in [2.05, 4.69) is 54.4 Å². The molecule has 0 bridgehead atoms. The molecule has 2 heteroatoms. The highest BCUT2D eigenvalue weighted by Crippen LogP contribution is 2.35. The van der Waals surface area contributed by atoms with Crippen LogP contribution < -0.4 is 0 Å². The highest BCUT2D eigenvalue weighted by Gasteiger charge is 2.16. The summed E-state index contributed by atoms with van der Waals surface area (Å²) in [6, 6.07) is 0. The van der Waals surface area contributed by atoms with Crippen molar-refractivity contribution in [2.75, 3.05) is 0 Å². The van der Waals surface area contributed by atoms with Gasteiger partial charge in [0, 0.05) is 18.8 Å². The predicted octanol–water partition coefficient (Wildman–Crippen LogP) is 5.09. The Bertz CT molecular complexity index is 528. The van der Waals surface area contributed by atoms with Crippen LogP contribution in [0.25, 0.3) is 18.2 Å². The molecule has 0 N–H and O–H groups in total. The minimum absolute atomic E-state index is 0.466. The van der Waals surface area contributed by atoms with Crippen molar-refractivity contribution in [3.63, 3.8) is 0 Å². The first-order valence-electron chi connectivity index (χ1n) is 6.89. The van der Waals surface area contributed by atoms with E-state index in [9.17, 15) is 0 Å². The van der Waals surface area contributed by atoms with Crippen LogP contribution >= 0.6 is 0 Å². The maximum atomic E-state index is 4.48. The zero-order valence-electron chi connectivity index (χ0n) is 12.6. The number of aromatic nitrogens is 1. The van der Waals surface area contributed by atoms with Gasteiger partial charge < -0.3 is 4.57 Å². The molecule has 0 amide bonds. The number of hydrogen-bond donors (Lipinski definition) is 0. The molecule has 0 radical (unpaired) electrons. The Balaban J connectivity index is 0.000000861. The standard InChI is InChI=1S/C15H18N2.C2H6/c1-5-13-15(16-6-2)12-9-7-11(3)8-10-14(12)17(13)4;1-2/h5-11H,1H2,2-4H3;1-2H3. The van der Waals surface area contributed by atoms with Gasteiger partial charge in [0.15, 0.2) is 0 Å². The second-order valence-corrected chi connectivity index (χ2v) is 4.26. The van der Waals surface area contributed by atoms with Crippen LogP contribution in [0.5, 0.6) is 0 Å². The lowest BCUT2D eigenvalue weighted by Gasteiger charge is -2.01. The lowest BCUT2D eigenvalue weighted by molar-refractivity contribution is 0.899. The number of aliphatic imine (C=N–C) groups is 1. The van der Waals surface area contributed by atoms with Gasteiger partial charge in [0.25, 0.3) is 0 Å². The first-order valence-corrected chi connectivity index (χ1v) is 6.89. The van der Waals surface area contributed by atoms with Crippen LogP contribution in [-0.4, -0.2) is 10.8 Å². The molecule has 0 spiro atoms. The van der Waals surface area contributed by atoms with Gasteiger partial charge >= 0.3 is 0 Å². The minimum atomic E-state index is 0.466. The molecular weight excluding hydrogens is 232 g/mol. The van der Waals surface area contributed by atoms with Gasteiger partial charge in [-0.05, 0) is 25.0 Å². The molecule has 1 aliphatic rings. The van der Waals surface area contributed by atoms with Gasteiger partial charge in [0.05, 0.1) is 17.1 Å². The van der Waals surface area contributed by atoms with Gasteiger partial charge in [-0.15, -0.1) is 0 Å². The summed E-state index contributed by atoms with van der Waals surface area (Å²) >= 11 is 0. The molecule has 2 rings (SSSR count). The molecule has 2 nitrogen and oxygen atoms in total. The van der Waals surface area contributed by atoms with Gasteiger partial charge in [-0.3, -0.25) is 4.99 Å². The Morgan fingerprint density at radius 3 is 2.47 bits per heavy atom. The highest BCUT2D eigenvalue weighted by atomic mass is 15.0. The third-order valence-electron chi connectivity index (χ3n) is 3.07. The average Bonchev–Trinajstić information content (AvgIpc) is 2.56. The topological polar surface area (TPSA) is 17.3 Å². The van der Waals surface area contributed by atoms with Gasteiger partial charge in [-0.1, -0.05) is 45.6 Å². The third-order valence-corrected chi connectivity index (χ3v) is 3.07. The summed E-state index contributed by atoms with van der Waals surface area (Å²) in [6.45, 7) is 12.0. The number of hydrogen-bond acceptors (Lipinski definition) is 1. The van der Waals surface area contributed by atoms with E-state index in [-0.39, 0.29) is 0 Å². The predicted molar refractivity (Wildman–Crippen MR) is 87.9 cm³/mol. The number of nitrogens with zero attached hydrogens (tertiary/aromatic N) is 2. The van der Waals surface area contributed by atoms with Crippen LogP contribution in [0.3, 0.4) is 0 Å². The van der Waals surface area contributed by atoms with Crippen molar-refractivity contribution >= 4 is 30.1 Å². The molecule has 1 aromatic heterocycles. The zero-order valence-corrected chi connectivity index (χ0v) is 12.6. The number of rotatable bonds is 2. The van der Waals surface area contributed by atoms with Crippen molar-refractivity contribution in [2.24, 2.45) is 18.0 Å². The van der Waals surface area contributed by atoms with Gasteiger partial charge in [-0.2, -0.15) is 0 Å². The van der Waals surface area contributed by atoms with Crippen LogP contribution in [0.15, 0.2) is 23.7 Å². The Morgan fingerprint density at radius 1 is 1.26 bits per heavy atom. The molecule has 19 heavy (non-hydrogen) atoms. The van der Waals surface area contributed by atoms with Crippen LogP contribution in [0.2, 0.25) is 0 Å². The van der Waals surface area contributed by atoms with E-state index >= 15 is 0 Å². The molecule has 1 heterocycles. The summed E-state index contributed by atoms with van der Waals surface area (Å²) < 4.78 is 2.14. The van der Waals surface area contributed by atoms with E-state index in [4.69, 9.17) is 0 Å². The van der Waals surface area contributed by atoms with E-state index in [1.807, 2.05) is 33.1 Å². The van der Waals surface area contributed by atoms with Crippen molar-refractivity contribution in [2.45, 2.75) is 27.7 Å². The summed E-state index contributed by atoms with van der Waals surface area (Å²) in [6.07, 6.45) is 12.4. The normalized spacial score (nSPS) is 16.8. The van der Waals surface area contributed by atoms with E-state index in [1.54, 1.807) is 0 Å². The molecule has 1 aromatic rings. The molecule has 0 fully saturated rings. The SMILES string of the molecule is C=Cc1c(N=CC)c2c(n1C)C=CC(C)C=C2.CC. The second-order valence-electron chi connectivity index (χ2n) is 4.26. The van der Waals surface area contributed by atoms with Crippen molar-refractivity contribution in [1.82, 2.24) is 4.57 Å². The molecule has 1 atom stereocenters. The molecule has 1 unspecified atom stereocenters. The van der Waals surface area contributed by atoms with Gasteiger partial charge in [0.1, 0.15) is 0 Å². The summed E-state index contributed by atoms with van der Waals surface area (Å²) in [4.78, 5) is 4.48. The fourth-order valence-corrected chi connectivity index (χ4v) is 2.15. The monoisotopic (exact) mass is 256 g/mol. The molecule has 0 saturated heterocycles. The Hall–Kier alpha value is -1.83. The molecular formula is C17H24N2. The van der Waals surface area contributed by atoms with E-state index < -0.39 is 0 Å². The van der Waals surface area contributed by atoms with Gasteiger partial charge in [-0.25, -0.2) is 0 Å². The summed E-state index contributed by atoms with van der Waals surface area (Å²) in [7, 11) is 2.05. The van der Waals surface area contributed by atoms with E-state index in [0.29, 0.717) is 5.92 Å². The van der Waals surface area contributed by atoms with Crippen LogP contribution in [-0.2, 0) is 7.05 Å². The fraction of sp³-hybridized carbons (Fsp3) is 0.353. The maximum Gasteiger partial charge on any atom is 0.0955 e. The molecule has 1 aliphatic carbocycles. The van der Waals surface area contributed by atoms with E-state index in [0.717, 1.165) is 11.4 Å². The summed E-state index contributed by atoms with van der Waals surface area (Å²) in [5.41, 5.74) is 4.45. The quantitative estimate of drug-likeness (QED) is 0.656. The number of allylic oxidation sites excluding steroid dienone is 2. The molecule has 0 saturated carbocycles. The van der Waals surface area contributed by atoms with Crippen LogP contribution in [0.4, 0.5) is 5.69 Å². The zero-order chi connectivity index (χ0) is 14.4. The summed E-state index contributed by atoms with van der Waals surface area (Å²) in [5.74, 6) is 0.466.